The van der Waals surface area contributed by atoms with Gasteiger partial charge in [0.25, 0.3) is 0 Å². The summed E-state index contributed by atoms with van der Waals surface area (Å²) in [6, 6.07) is 0. The Morgan fingerprint density at radius 2 is 2.00 bits per heavy atom. The van der Waals surface area contributed by atoms with E-state index in [0.717, 1.165) is 12.8 Å². The van der Waals surface area contributed by atoms with E-state index in [0.29, 0.717) is 6.61 Å². The van der Waals surface area contributed by atoms with Crippen molar-refractivity contribution in [3.05, 3.63) is 0 Å². The second-order valence-corrected chi connectivity index (χ2v) is 4.11. The largest absolute Gasteiger partial charge is 0.469 e. The number of phosphoric acid groups is 1. The molecule has 0 aliphatic rings. The fourth-order valence-electron chi connectivity index (χ4n) is 0.697. The van der Waals surface area contributed by atoms with Crippen molar-refractivity contribution < 1.29 is 28.7 Å². The molecule has 1 atom stereocenters. The number of rotatable bonds is 8. The third-order valence-corrected chi connectivity index (χ3v) is 1.87. The van der Waals surface area contributed by atoms with Gasteiger partial charge in [-0.25, -0.2) is 4.57 Å². The minimum Gasteiger partial charge on any atom is -0.388 e. The molecule has 0 rings (SSSR count). The lowest BCUT2D eigenvalue weighted by Gasteiger charge is -2.11. The van der Waals surface area contributed by atoms with Crippen molar-refractivity contribution in [2.75, 3.05) is 19.8 Å². The standard InChI is InChI=1S/C7H17O6P/c1-2-3-4-12-5-7(8)6-13-14(9,10)11/h7-8H,2-6H2,1H3,(H2,9,10,11). The Bertz CT molecular complexity index is 179. The van der Waals surface area contributed by atoms with Crippen LogP contribution in [0.15, 0.2) is 0 Å². The topological polar surface area (TPSA) is 96.2 Å². The van der Waals surface area contributed by atoms with E-state index >= 15 is 0 Å². The Hall–Kier alpha value is 0.0300. The molecule has 0 bridgehead atoms. The molecule has 3 N–H and O–H groups in total. The summed E-state index contributed by atoms with van der Waals surface area (Å²) < 4.78 is 19.3. The highest BCUT2D eigenvalue weighted by Crippen LogP contribution is 2.35. The maximum atomic E-state index is 10.2. The lowest BCUT2D eigenvalue weighted by molar-refractivity contribution is 0.00506. The summed E-state index contributed by atoms with van der Waals surface area (Å²) in [6.07, 6.45) is 0.890. The molecule has 0 spiro atoms. The van der Waals surface area contributed by atoms with Gasteiger partial charge in [0.2, 0.25) is 0 Å². The average Bonchev–Trinajstić information content (AvgIpc) is 2.08. The average molecular weight is 228 g/mol. The second kappa shape index (κ2) is 7.34. The van der Waals surface area contributed by atoms with Crippen molar-refractivity contribution in [2.24, 2.45) is 0 Å². The number of phosphoric ester groups is 1. The van der Waals surface area contributed by atoms with Crippen molar-refractivity contribution in [1.82, 2.24) is 0 Å². The van der Waals surface area contributed by atoms with E-state index < -0.39 is 20.5 Å². The predicted molar refractivity (Wildman–Crippen MR) is 49.7 cm³/mol. The molecular formula is C7H17O6P. The number of unbranched alkanes of at least 4 members (excludes halogenated alkanes) is 1. The molecule has 0 saturated heterocycles. The summed E-state index contributed by atoms with van der Waals surface area (Å²) >= 11 is 0. The highest BCUT2D eigenvalue weighted by Gasteiger charge is 2.16. The predicted octanol–water partition coefficient (Wildman–Crippen LogP) is 0.273. The van der Waals surface area contributed by atoms with Crippen LogP contribution in [0, 0.1) is 0 Å². The van der Waals surface area contributed by atoms with Crippen molar-refractivity contribution in [3.63, 3.8) is 0 Å². The number of hydrogen-bond acceptors (Lipinski definition) is 4. The summed E-state index contributed by atoms with van der Waals surface area (Å²) in [7, 11) is -4.48. The van der Waals surface area contributed by atoms with E-state index in [9.17, 15) is 4.57 Å². The first-order valence-electron chi connectivity index (χ1n) is 4.41. The van der Waals surface area contributed by atoms with Gasteiger partial charge in [-0.15, -0.1) is 0 Å². The maximum Gasteiger partial charge on any atom is 0.469 e. The zero-order chi connectivity index (χ0) is 11.0. The van der Waals surface area contributed by atoms with Gasteiger partial charge in [0.05, 0.1) is 13.2 Å². The van der Waals surface area contributed by atoms with Gasteiger partial charge in [-0.05, 0) is 6.42 Å². The molecule has 0 saturated carbocycles. The monoisotopic (exact) mass is 228 g/mol. The van der Waals surface area contributed by atoms with Crippen LogP contribution >= 0.6 is 7.82 Å². The molecule has 6 nitrogen and oxygen atoms in total. The molecule has 0 heterocycles. The fraction of sp³-hybridized carbons (Fsp3) is 1.00. The summed E-state index contributed by atoms with van der Waals surface area (Å²) in [5, 5.41) is 9.12. The van der Waals surface area contributed by atoms with Crippen molar-refractivity contribution in [3.8, 4) is 0 Å². The van der Waals surface area contributed by atoms with E-state index in [1.165, 1.54) is 0 Å². The second-order valence-electron chi connectivity index (χ2n) is 2.87. The minimum atomic E-state index is -4.48. The molecular weight excluding hydrogens is 211 g/mol. The fourth-order valence-corrected chi connectivity index (χ4v) is 1.06. The molecule has 7 heteroatoms. The van der Waals surface area contributed by atoms with E-state index in [2.05, 4.69) is 4.52 Å². The first-order chi connectivity index (χ1) is 6.45. The van der Waals surface area contributed by atoms with Crippen LogP contribution in [-0.4, -0.2) is 40.8 Å². The highest BCUT2D eigenvalue weighted by molar-refractivity contribution is 7.46. The third kappa shape index (κ3) is 10.1. The van der Waals surface area contributed by atoms with Crippen LogP contribution in [0.5, 0.6) is 0 Å². The zero-order valence-electron chi connectivity index (χ0n) is 8.13. The quantitative estimate of drug-likeness (QED) is 0.407. The summed E-state index contributed by atoms with van der Waals surface area (Å²) in [5.74, 6) is 0. The van der Waals surface area contributed by atoms with Gasteiger partial charge in [0.1, 0.15) is 6.10 Å². The molecule has 0 aromatic heterocycles. The first kappa shape index (κ1) is 14.0. The zero-order valence-corrected chi connectivity index (χ0v) is 9.02. The first-order valence-corrected chi connectivity index (χ1v) is 5.94. The number of aliphatic hydroxyl groups excluding tert-OH is 1. The van der Waals surface area contributed by atoms with E-state index in [1.807, 2.05) is 6.92 Å². The molecule has 14 heavy (non-hydrogen) atoms. The Morgan fingerprint density at radius 1 is 1.36 bits per heavy atom. The maximum absolute atomic E-state index is 10.2. The molecule has 0 aromatic carbocycles. The van der Waals surface area contributed by atoms with Crippen LogP contribution in [0.3, 0.4) is 0 Å². The normalized spacial score (nSPS) is 14.3. The Morgan fingerprint density at radius 3 is 2.50 bits per heavy atom. The Kier molecular flexibility index (Phi) is 7.35. The minimum absolute atomic E-state index is 0.0278. The number of ether oxygens (including phenoxy) is 1. The van der Waals surface area contributed by atoms with Gasteiger partial charge in [-0.3, -0.25) is 4.52 Å². The SMILES string of the molecule is CCCCOCC(O)COP(=O)(O)O. The summed E-state index contributed by atoms with van der Waals surface area (Å²) in [5.41, 5.74) is 0. The molecule has 0 fully saturated rings. The molecule has 0 amide bonds. The van der Waals surface area contributed by atoms with Crippen LogP contribution < -0.4 is 0 Å². The highest BCUT2D eigenvalue weighted by atomic mass is 31.2. The van der Waals surface area contributed by atoms with Crippen molar-refractivity contribution in [2.45, 2.75) is 25.9 Å². The molecule has 0 aromatic rings. The van der Waals surface area contributed by atoms with Crippen LogP contribution in [0.1, 0.15) is 19.8 Å². The third-order valence-electron chi connectivity index (χ3n) is 1.39. The van der Waals surface area contributed by atoms with E-state index in [4.69, 9.17) is 19.6 Å². The molecule has 1 unspecified atom stereocenters. The molecule has 86 valence electrons. The Labute approximate surface area is 83.1 Å². The summed E-state index contributed by atoms with van der Waals surface area (Å²) in [4.78, 5) is 16.6. The van der Waals surface area contributed by atoms with Crippen LogP contribution in [0.4, 0.5) is 0 Å². The Balaban J connectivity index is 3.37. The van der Waals surface area contributed by atoms with Gasteiger partial charge in [-0.1, -0.05) is 13.3 Å². The molecule has 0 aliphatic carbocycles. The van der Waals surface area contributed by atoms with Crippen LogP contribution in [0.2, 0.25) is 0 Å². The number of aliphatic hydroxyl groups is 1. The van der Waals surface area contributed by atoms with E-state index in [1.54, 1.807) is 0 Å². The van der Waals surface area contributed by atoms with Gasteiger partial charge >= 0.3 is 7.82 Å². The lowest BCUT2D eigenvalue weighted by Crippen LogP contribution is -2.21. The molecule has 0 aliphatic heterocycles. The smallest absolute Gasteiger partial charge is 0.388 e. The van der Waals surface area contributed by atoms with E-state index in [-0.39, 0.29) is 6.61 Å². The lowest BCUT2D eigenvalue weighted by atomic mass is 10.3. The number of hydrogen-bond donors (Lipinski definition) is 3. The van der Waals surface area contributed by atoms with Crippen LogP contribution in [0.25, 0.3) is 0 Å². The molecule has 0 radical (unpaired) electrons. The van der Waals surface area contributed by atoms with Gasteiger partial charge in [0, 0.05) is 6.61 Å². The van der Waals surface area contributed by atoms with Crippen molar-refractivity contribution >= 4 is 7.82 Å². The van der Waals surface area contributed by atoms with Gasteiger partial charge in [0.15, 0.2) is 0 Å². The summed E-state index contributed by atoms with van der Waals surface area (Å²) in [6.45, 7) is 2.15. The van der Waals surface area contributed by atoms with Crippen molar-refractivity contribution in [1.29, 1.82) is 0 Å². The van der Waals surface area contributed by atoms with Gasteiger partial charge < -0.3 is 19.6 Å². The van der Waals surface area contributed by atoms with Crippen LogP contribution in [-0.2, 0) is 13.8 Å². The van der Waals surface area contributed by atoms with Gasteiger partial charge in [-0.2, -0.15) is 0 Å².